The van der Waals surface area contributed by atoms with Crippen LogP contribution in [0.25, 0.3) is 0 Å². The van der Waals surface area contributed by atoms with Gasteiger partial charge in [-0.05, 0) is 12.1 Å². The predicted octanol–water partition coefficient (Wildman–Crippen LogP) is 1.32. The lowest BCUT2D eigenvalue weighted by Crippen LogP contribution is -2.14. The summed E-state index contributed by atoms with van der Waals surface area (Å²) < 4.78 is 16.0. The van der Waals surface area contributed by atoms with Crippen LogP contribution in [0, 0.1) is 0 Å². The van der Waals surface area contributed by atoms with Gasteiger partial charge in [0.25, 0.3) is 0 Å². The zero-order valence-electron chi connectivity index (χ0n) is 8.95. The molecule has 0 aliphatic carbocycles. The summed E-state index contributed by atoms with van der Waals surface area (Å²) in [4.78, 5) is 0. The largest absolute Gasteiger partial charge is 0.497 e. The third-order valence-electron chi connectivity index (χ3n) is 2.44. The van der Waals surface area contributed by atoms with Crippen molar-refractivity contribution in [1.82, 2.24) is 5.32 Å². The lowest BCUT2D eigenvalue weighted by molar-refractivity contribution is 0.0995. The molecule has 1 aliphatic heterocycles. The predicted molar refractivity (Wildman–Crippen MR) is 56.2 cm³/mol. The van der Waals surface area contributed by atoms with Crippen molar-refractivity contribution in [2.24, 2.45) is 0 Å². The Hall–Kier alpha value is -1.26. The SMILES string of the molecule is COc1ccc([C@@H]2NCCO2)c(OC)c1. The Morgan fingerprint density at radius 3 is 2.80 bits per heavy atom. The fraction of sp³-hybridized carbons (Fsp3) is 0.455. The quantitative estimate of drug-likeness (QED) is 0.815. The molecule has 4 nitrogen and oxygen atoms in total. The number of hydrogen-bond acceptors (Lipinski definition) is 4. The molecule has 0 saturated carbocycles. The van der Waals surface area contributed by atoms with Crippen LogP contribution in [-0.2, 0) is 4.74 Å². The molecule has 0 radical (unpaired) electrons. The molecule has 0 aromatic heterocycles. The molecule has 82 valence electrons. The molecule has 0 amide bonds. The van der Waals surface area contributed by atoms with Gasteiger partial charge in [0.15, 0.2) is 0 Å². The second-order valence-electron chi connectivity index (χ2n) is 3.31. The van der Waals surface area contributed by atoms with Crippen LogP contribution in [-0.4, -0.2) is 27.4 Å². The minimum absolute atomic E-state index is 0.0640. The molecule has 0 spiro atoms. The van der Waals surface area contributed by atoms with Crippen molar-refractivity contribution >= 4 is 0 Å². The Labute approximate surface area is 89.1 Å². The zero-order valence-corrected chi connectivity index (χ0v) is 8.95. The van der Waals surface area contributed by atoms with Gasteiger partial charge in [0.2, 0.25) is 0 Å². The molecule has 1 aromatic rings. The highest BCUT2D eigenvalue weighted by atomic mass is 16.5. The van der Waals surface area contributed by atoms with Crippen molar-refractivity contribution < 1.29 is 14.2 Å². The van der Waals surface area contributed by atoms with Crippen LogP contribution in [0.15, 0.2) is 18.2 Å². The van der Waals surface area contributed by atoms with E-state index in [-0.39, 0.29) is 6.23 Å². The van der Waals surface area contributed by atoms with Gasteiger partial charge < -0.3 is 14.2 Å². The van der Waals surface area contributed by atoms with E-state index in [2.05, 4.69) is 5.32 Å². The maximum atomic E-state index is 5.52. The van der Waals surface area contributed by atoms with Crippen molar-refractivity contribution in [2.45, 2.75) is 6.23 Å². The van der Waals surface area contributed by atoms with Crippen LogP contribution >= 0.6 is 0 Å². The first-order valence-corrected chi connectivity index (χ1v) is 4.92. The summed E-state index contributed by atoms with van der Waals surface area (Å²) in [5.74, 6) is 1.57. The van der Waals surface area contributed by atoms with E-state index < -0.39 is 0 Å². The number of ether oxygens (including phenoxy) is 3. The Morgan fingerprint density at radius 1 is 1.33 bits per heavy atom. The number of methoxy groups -OCH3 is 2. The third kappa shape index (κ3) is 2.06. The first-order valence-electron chi connectivity index (χ1n) is 4.92. The maximum absolute atomic E-state index is 5.52. The Kier molecular flexibility index (Phi) is 3.08. The summed E-state index contributed by atoms with van der Waals surface area (Å²) in [6.07, 6.45) is -0.0640. The van der Waals surface area contributed by atoms with Gasteiger partial charge in [-0.1, -0.05) is 0 Å². The highest BCUT2D eigenvalue weighted by molar-refractivity contribution is 5.42. The summed E-state index contributed by atoms with van der Waals surface area (Å²) in [5, 5.41) is 3.24. The van der Waals surface area contributed by atoms with Crippen molar-refractivity contribution in [3.05, 3.63) is 23.8 Å². The topological polar surface area (TPSA) is 39.7 Å². The Morgan fingerprint density at radius 2 is 2.20 bits per heavy atom. The van der Waals surface area contributed by atoms with Gasteiger partial charge in [0, 0.05) is 18.2 Å². The van der Waals surface area contributed by atoms with E-state index in [1.165, 1.54) is 0 Å². The van der Waals surface area contributed by atoms with E-state index in [1.807, 2.05) is 18.2 Å². The molecule has 2 rings (SSSR count). The number of rotatable bonds is 3. The molecule has 1 saturated heterocycles. The van der Waals surface area contributed by atoms with Gasteiger partial charge in [-0.15, -0.1) is 0 Å². The van der Waals surface area contributed by atoms with Crippen LogP contribution in [0.5, 0.6) is 11.5 Å². The lowest BCUT2D eigenvalue weighted by atomic mass is 10.1. The monoisotopic (exact) mass is 209 g/mol. The third-order valence-corrected chi connectivity index (χ3v) is 2.44. The first-order chi connectivity index (χ1) is 7.35. The molecule has 1 fully saturated rings. The van der Waals surface area contributed by atoms with Crippen LogP contribution in [0.2, 0.25) is 0 Å². The molecule has 1 aromatic carbocycles. The van der Waals surface area contributed by atoms with Crippen molar-refractivity contribution in [3.63, 3.8) is 0 Å². The Bertz CT molecular complexity index is 335. The maximum Gasteiger partial charge on any atom is 0.138 e. The molecule has 1 heterocycles. The second-order valence-corrected chi connectivity index (χ2v) is 3.31. The van der Waals surface area contributed by atoms with Crippen molar-refractivity contribution in [1.29, 1.82) is 0 Å². The minimum Gasteiger partial charge on any atom is -0.497 e. The molecule has 1 atom stereocenters. The summed E-state index contributed by atoms with van der Waals surface area (Å²) in [7, 11) is 3.28. The fourth-order valence-corrected chi connectivity index (χ4v) is 1.66. The lowest BCUT2D eigenvalue weighted by Gasteiger charge is -2.15. The normalized spacial score (nSPS) is 20.3. The summed E-state index contributed by atoms with van der Waals surface area (Å²) in [6, 6.07) is 5.72. The molecule has 0 bridgehead atoms. The standard InChI is InChI=1S/C11H15NO3/c1-13-8-3-4-9(10(7-8)14-2)11-12-5-6-15-11/h3-4,7,11-12H,5-6H2,1-2H3/t11-/m1/s1. The highest BCUT2D eigenvalue weighted by Gasteiger charge is 2.20. The minimum atomic E-state index is -0.0640. The van der Waals surface area contributed by atoms with Gasteiger partial charge in [0.1, 0.15) is 17.7 Å². The summed E-state index contributed by atoms with van der Waals surface area (Å²) >= 11 is 0. The van der Waals surface area contributed by atoms with E-state index in [0.29, 0.717) is 0 Å². The second kappa shape index (κ2) is 4.51. The van der Waals surface area contributed by atoms with E-state index in [9.17, 15) is 0 Å². The fourth-order valence-electron chi connectivity index (χ4n) is 1.66. The van der Waals surface area contributed by atoms with Gasteiger partial charge in [-0.2, -0.15) is 0 Å². The van der Waals surface area contributed by atoms with Gasteiger partial charge in [-0.25, -0.2) is 0 Å². The first kappa shape index (κ1) is 10.3. The van der Waals surface area contributed by atoms with Crippen LogP contribution in [0.4, 0.5) is 0 Å². The molecule has 4 heteroatoms. The van der Waals surface area contributed by atoms with Gasteiger partial charge >= 0.3 is 0 Å². The molecular formula is C11H15NO3. The molecule has 15 heavy (non-hydrogen) atoms. The van der Waals surface area contributed by atoms with Crippen LogP contribution in [0.3, 0.4) is 0 Å². The van der Waals surface area contributed by atoms with Gasteiger partial charge in [0.05, 0.1) is 20.8 Å². The zero-order chi connectivity index (χ0) is 10.7. The Balaban J connectivity index is 2.29. The summed E-state index contributed by atoms with van der Waals surface area (Å²) in [6.45, 7) is 1.61. The summed E-state index contributed by atoms with van der Waals surface area (Å²) in [5.41, 5.74) is 1.01. The highest BCUT2D eigenvalue weighted by Crippen LogP contribution is 2.31. The molecule has 0 unspecified atom stereocenters. The number of nitrogens with one attached hydrogen (secondary N) is 1. The van der Waals surface area contributed by atoms with Crippen molar-refractivity contribution in [2.75, 3.05) is 27.4 Å². The molecular weight excluding hydrogens is 194 g/mol. The van der Waals surface area contributed by atoms with Crippen LogP contribution in [0.1, 0.15) is 11.8 Å². The van der Waals surface area contributed by atoms with Gasteiger partial charge in [-0.3, -0.25) is 5.32 Å². The molecule has 1 aliphatic rings. The number of hydrogen-bond donors (Lipinski definition) is 1. The van der Waals surface area contributed by atoms with E-state index in [4.69, 9.17) is 14.2 Å². The number of benzene rings is 1. The smallest absolute Gasteiger partial charge is 0.138 e. The van der Waals surface area contributed by atoms with Crippen LogP contribution < -0.4 is 14.8 Å². The van der Waals surface area contributed by atoms with Crippen molar-refractivity contribution in [3.8, 4) is 11.5 Å². The van der Waals surface area contributed by atoms with E-state index in [1.54, 1.807) is 14.2 Å². The van der Waals surface area contributed by atoms with E-state index >= 15 is 0 Å². The van der Waals surface area contributed by atoms with E-state index in [0.717, 1.165) is 30.2 Å². The average molecular weight is 209 g/mol. The average Bonchev–Trinajstić information content (AvgIpc) is 2.81. The molecule has 1 N–H and O–H groups in total.